The smallest absolute Gasteiger partial charge is 0.304 e. The summed E-state index contributed by atoms with van der Waals surface area (Å²) in [5.74, 6) is -2.82. The molecular weight excluding hydrogens is 232 g/mol. The van der Waals surface area contributed by atoms with E-state index >= 15 is 0 Å². The Hall–Kier alpha value is -1.31. The van der Waals surface area contributed by atoms with E-state index in [9.17, 15) is 24.6 Å². The Labute approximate surface area is 98.0 Å². The minimum atomic E-state index is -2.48. The number of carbonyl (C=O) groups is 3. The van der Waals surface area contributed by atoms with Crippen LogP contribution in [0.4, 0.5) is 0 Å². The molecule has 0 aliphatic carbocycles. The van der Waals surface area contributed by atoms with Gasteiger partial charge in [-0.3, -0.25) is 14.4 Å². The Morgan fingerprint density at radius 1 is 1.12 bits per heavy atom. The second kappa shape index (κ2) is 5.85. The molecule has 0 aromatic carbocycles. The van der Waals surface area contributed by atoms with Crippen molar-refractivity contribution in [1.29, 1.82) is 0 Å². The predicted octanol–water partition coefficient (Wildman–Crippen LogP) is -1.82. The van der Waals surface area contributed by atoms with E-state index in [0.717, 1.165) is 20.8 Å². The van der Waals surface area contributed by atoms with E-state index in [1.54, 1.807) is 0 Å². The lowest BCUT2D eigenvalue weighted by Gasteiger charge is -2.34. The van der Waals surface area contributed by atoms with Gasteiger partial charge in [0.1, 0.15) is 12.2 Å². The van der Waals surface area contributed by atoms with Gasteiger partial charge in [0.2, 0.25) is 0 Å². The molecule has 0 bridgehead atoms. The van der Waals surface area contributed by atoms with Gasteiger partial charge in [-0.2, -0.15) is 0 Å². The van der Waals surface area contributed by atoms with Gasteiger partial charge >= 0.3 is 5.97 Å². The summed E-state index contributed by atoms with van der Waals surface area (Å²) in [7, 11) is 0. The summed E-state index contributed by atoms with van der Waals surface area (Å²) in [4.78, 5) is 33.8. The van der Waals surface area contributed by atoms with Crippen molar-refractivity contribution >= 4 is 17.5 Å². The van der Waals surface area contributed by atoms with Crippen LogP contribution in [0.25, 0.3) is 0 Å². The average molecular weight is 248 g/mol. The molecule has 0 saturated carbocycles. The summed E-state index contributed by atoms with van der Waals surface area (Å²) in [5, 5.41) is 27.7. The zero-order valence-corrected chi connectivity index (χ0v) is 9.84. The molecule has 0 aromatic heterocycles. The maximum atomic E-state index is 11.5. The summed E-state index contributed by atoms with van der Waals surface area (Å²) >= 11 is 0. The lowest BCUT2D eigenvalue weighted by atomic mass is 9.85. The normalized spacial score (nSPS) is 14.9. The highest BCUT2D eigenvalue weighted by atomic mass is 16.6. The molecule has 0 fully saturated rings. The fourth-order valence-corrected chi connectivity index (χ4v) is 1.47. The van der Waals surface area contributed by atoms with Crippen molar-refractivity contribution in [2.75, 3.05) is 6.61 Å². The largest absolute Gasteiger partial charge is 0.440 e. The Morgan fingerprint density at radius 3 is 1.76 bits per heavy atom. The molecule has 7 nitrogen and oxygen atoms in total. The first-order chi connectivity index (χ1) is 7.70. The van der Waals surface area contributed by atoms with Gasteiger partial charge in [-0.05, 0) is 13.8 Å². The highest BCUT2D eigenvalue weighted by Gasteiger charge is 2.53. The summed E-state index contributed by atoms with van der Waals surface area (Å²) in [5.41, 5.74) is -2.48. The predicted molar refractivity (Wildman–Crippen MR) is 55.0 cm³/mol. The van der Waals surface area contributed by atoms with Crippen molar-refractivity contribution in [3.8, 4) is 0 Å². The molecule has 0 aromatic rings. The van der Waals surface area contributed by atoms with Crippen LogP contribution < -0.4 is 0 Å². The topological polar surface area (TPSA) is 121 Å². The second-order valence-electron chi connectivity index (χ2n) is 3.64. The lowest BCUT2D eigenvalue weighted by Crippen LogP contribution is -2.61. The van der Waals surface area contributed by atoms with E-state index in [1.165, 1.54) is 0 Å². The molecule has 2 atom stereocenters. The first-order valence-corrected chi connectivity index (χ1v) is 4.88. The fourth-order valence-electron chi connectivity index (χ4n) is 1.47. The van der Waals surface area contributed by atoms with Crippen molar-refractivity contribution in [2.45, 2.75) is 38.6 Å². The van der Waals surface area contributed by atoms with Crippen LogP contribution in [0, 0.1) is 0 Å². The average Bonchev–Trinajstić information content (AvgIpc) is 2.22. The zero-order valence-electron chi connectivity index (χ0n) is 9.84. The Kier molecular flexibility index (Phi) is 5.40. The second-order valence-corrected chi connectivity index (χ2v) is 3.64. The number of esters is 1. The number of carbonyl (C=O) groups excluding carboxylic acids is 3. The maximum absolute atomic E-state index is 11.5. The highest BCUT2D eigenvalue weighted by Crippen LogP contribution is 2.22. The van der Waals surface area contributed by atoms with E-state index in [1.807, 2.05) is 0 Å². The van der Waals surface area contributed by atoms with Crippen LogP contribution in [0.1, 0.15) is 20.8 Å². The SMILES string of the molecule is CC(=O)OC(C(C)=O)(C(C)=O)C(O)C(O)CO. The van der Waals surface area contributed by atoms with E-state index in [2.05, 4.69) is 4.74 Å². The molecule has 3 N–H and O–H groups in total. The van der Waals surface area contributed by atoms with Gasteiger partial charge in [-0.1, -0.05) is 0 Å². The molecular formula is C10H16O7. The van der Waals surface area contributed by atoms with Crippen LogP contribution in [-0.4, -0.2) is 57.3 Å². The van der Waals surface area contributed by atoms with Crippen molar-refractivity contribution in [1.82, 2.24) is 0 Å². The minimum absolute atomic E-state index is 0.884. The van der Waals surface area contributed by atoms with Crippen LogP contribution >= 0.6 is 0 Å². The number of rotatable bonds is 6. The number of ketones is 2. The first kappa shape index (κ1) is 15.7. The third-order valence-electron chi connectivity index (χ3n) is 2.32. The highest BCUT2D eigenvalue weighted by molar-refractivity contribution is 6.10. The third kappa shape index (κ3) is 3.09. The number of Topliss-reactive ketones (excluding diaryl/α,β-unsaturated/α-hetero) is 2. The van der Waals surface area contributed by atoms with Gasteiger partial charge < -0.3 is 20.1 Å². The number of ether oxygens (including phenoxy) is 1. The van der Waals surface area contributed by atoms with Crippen LogP contribution in [0.2, 0.25) is 0 Å². The van der Waals surface area contributed by atoms with Gasteiger partial charge in [0.25, 0.3) is 5.60 Å². The summed E-state index contributed by atoms with van der Waals surface area (Å²) in [6, 6.07) is 0. The summed E-state index contributed by atoms with van der Waals surface area (Å²) in [6.07, 6.45) is -3.80. The molecule has 17 heavy (non-hydrogen) atoms. The van der Waals surface area contributed by atoms with Gasteiger partial charge in [0.05, 0.1) is 6.61 Å². The van der Waals surface area contributed by atoms with Crippen LogP contribution in [0.3, 0.4) is 0 Å². The molecule has 0 saturated heterocycles. The van der Waals surface area contributed by atoms with E-state index in [0.29, 0.717) is 0 Å². The van der Waals surface area contributed by atoms with Crippen LogP contribution in [0.5, 0.6) is 0 Å². The standard InChI is InChI=1S/C10H16O7/c1-5(12)10(6(2)13,17-7(3)14)9(16)8(15)4-11/h8-9,11,15-16H,4H2,1-3H3. The van der Waals surface area contributed by atoms with Crippen molar-refractivity contribution in [2.24, 2.45) is 0 Å². The summed E-state index contributed by atoms with van der Waals surface area (Å²) < 4.78 is 4.59. The van der Waals surface area contributed by atoms with Crippen molar-refractivity contribution < 1.29 is 34.4 Å². The summed E-state index contributed by atoms with van der Waals surface area (Å²) in [6.45, 7) is 1.96. The number of aliphatic hydroxyl groups is 3. The van der Waals surface area contributed by atoms with Gasteiger partial charge in [-0.15, -0.1) is 0 Å². The molecule has 0 radical (unpaired) electrons. The van der Waals surface area contributed by atoms with E-state index < -0.39 is 42.0 Å². The molecule has 7 heteroatoms. The van der Waals surface area contributed by atoms with Crippen LogP contribution in [-0.2, 0) is 19.1 Å². The molecule has 0 spiro atoms. The molecule has 0 heterocycles. The van der Waals surface area contributed by atoms with E-state index in [-0.39, 0.29) is 0 Å². The van der Waals surface area contributed by atoms with E-state index in [4.69, 9.17) is 5.11 Å². The Morgan fingerprint density at radius 2 is 1.53 bits per heavy atom. The van der Waals surface area contributed by atoms with Crippen molar-refractivity contribution in [3.05, 3.63) is 0 Å². The molecule has 0 aliphatic heterocycles. The fraction of sp³-hybridized carbons (Fsp3) is 0.700. The minimum Gasteiger partial charge on any atom is -0.440 e. The number of hydrogen-bond acceptors (Lipinski definition) is 7. The molecule has 98 valence electrons. The monoisotopic (exact) mass is 248 g/mol. The zero-order chi connectivity index (χ0) is 13.8. The molecule has 2 unspecified atom stereocenters. The van der Waals surface area contributed by atoms with Gasteiger partial charge in [-0.25, -0.2) is 0 Å². The van der Waals surface area contributed by atoms with Gasteiger partial charge in [0, 0.05) is 6.92 Å². The molecule has 0 rings (SSSR count). The Balaban J connectivity index is 5.54. The third-order valence-corrected chi connectivity index (χ3v) is 2.32. The van der Waals surface area contributed by atoms with Crippen LogP contribution in [0.15, 0.2) is 0 Å². The molecule has 0 aliphatic rings. The van der Waals surface area contributed by atoms with Gasteiger partial charge in [0.15, 0.2) is 11.6 Å². The number of hydrogen-bond donors (Lipinski definition) is 3. The maximum Gasteiger partial charge on any atom is 0.304 e. The quantitative estimate of drug-likeness (QED) is 0.374. The van der Waals surface area contributed by atoms with Crippen molar-refractivity contribution in [3.63, 3.8) is 0 Å². The lowest BCUT2D eigenvalue weighted by molar-refractivity contribution is -0.191. The Bertz CT molecular complexity index is 309. The molecule has 0 amide bonds. The first-order valence-electron chi connectivity index (χ1n) is 4.88. The number of aliphatic hydroxyl groups excluding tert-OH is 3.